The monoisotopic (exact) mass is 476 g/mol. The van der Waals surface area contributed by atoms with Gasteiger partial charge in [-0.05, 0) is 55.0 Å². The molecule has 4 aromatic rings. The summed E-state index contributed by atoms with van der Waals surface area (Å²) in [5.41, 5.74) is 16.5. The molecule has 1 aliphatic carbocycles. The highest BCUT2D eigenvalue weighted by Crippen LogP contribution is 2.26. The van der Waals surface area contributed by atoms with Crippen LogP contribution < -0.4 is 22.1 Å². The highest BCUT2D eigenvalue weighted by Gasteiger charge is 2.21. The molecule has 2 aromatic carbocycles. The minimum absolute atomic E-state index is 0.286. The molecule has 0 aliphatic heterocycles. The molecule has 2 aromatic heterocycles. The Kier molecular flexibility index (Phi) is 6.51. The van der Waals surface area contributed by atoms with Crippen molar-refractivity contribution in [1.29, 1.82) is 0 Å². The van der Waals surface area contributed by atoms with Gasteiger partial charge in [0, 0.05) is 29.3 Å². The van der Waals surface area contributed by atoms with E-state index < -0.39 is 0 Å². The van der Waals surface area contributed by atoms with Crippen molar-refractivity contribution >= 4 is 40.2 Å². The Morgan fingerprint density at radius 2 is 1.82 bits per heavy atom. The van der Waals surface area contributed by atoms with Crippen molar-refractivity contribution in [3.8, 4) is 0 Å². The van der Waals surface area contributed by atoms with Crippen LogP contribution in [0, 0.1) is 0 Å². The van der Waals surface area contributed by atoms with Gasteiger partial charge in [-0.2, -0.15) is 9.97 Å². The molecule has 8 nitrogen and oxygen atoms in total. The van der Waals surface area contributed by atoms with Gasteiger partial charge in [-0.25, -0.2) is 4.98 Å². The molecule has 0 saturated heterocycles. The highest BCUT2D eigenvalue weighted by molar-refractivity contribution is 6.30. The van der Waals surface area contributed by atoms with E-state index in [2.05, 4.69) is 27.8 Å². The molecule has 9 heteroatoms. The second-order valence-electron chi connectivity index (χ2n) is 8.88. The molecule has 176 valence electrons. The van der Waals surface area contributed by atoms with Crippen molar-refractivity contribution in [2.75, 3.05) is 16.4 Å². The summed E-state index contributed by atoms with van der Waals surface area (Å²) in [5, 5.41) is 7.58. The first-order valence-electron chi connectivity index (χ1n) is 11.6. The third-order valence-electron chi connectivity index (χ3n) is 6.32. The molecule has 1 aliphatic rings. The summed E-state index contributed by atoms with van der Waals surface area (Å²) in [5.74, 6) is 1.25. The number of imidazole rings is 1. The predicted molar refractivity (Wildman–Crippen MR) is 138 cm³/mol. The normalized spacial score (nSPS) is 18.2. The SMILES string of the molecule is Nc1ccc(Cl)cc1CNc1nc(NC2CCC(N)CC2)nc2c1ncn2Cc1ccccc1. The second kappa shape index (κ2) is 9.87. The third kappa shape index (κ3) is 5.08. The van der Waals surface area contributed by atoms with Crippen molar-refractivity contribution in [1.82, 2.24) is 19.5 Å². The fraction of sp³-hybridized carbons (Fsp3) is 0.320. The molecule has 0 bridgehead atoms. The Hall–Kier alpha value is -3.36. The van der Waals surface area contributed by atoms with E-state index in [1.54, 1.807) is 6.07 Å². The molecular weight excluding hydrogens is 448 g/mol. The molecule has 0 unspecified atom stereocenters. The Morgan fingerprint density at radius 3 is 2.62 bits per heavy atom. The van der Waals surface area contributed by atoms with Gasteiger partial charge in [-0.3, -0.25) is 0 Å². The molecule has 0 amide bonds. The lowest BCUT2D eigenvalue weighted by molar-refractivity contribution is 0.410. The molecule has 1 fully saturated rings. The number of nitrogens with zero attached hydrogens (tertiary/aromatic N) is 4. The molecule has 0 radical (unpaired) electrons. The zero-order chi connectivity index (χ0) is 23.5. The van der Waals surface area contributed by atoms with E-state index in [-0.39, 0.29) is 6.04 Å². The van der Waals surface area contributed by atoms with Crippen LogP contribution >= 0.6 is 11.6 Å². The van der Waals surface area contributed by atoms with Gasteiger partial charge in [-0.15, -0.1) is 0 Å². The summed E-state index contributed by atoms with van der Waals surface area (Å²) >= 11 is 6.17. The summed E-state index contributed by atoms with van der Waals surface area (Å²) in [6.07, 6.45) is 5.84. The van der Waals surface area contributed by atoms with Crippen molar-refractivity contribution < 1.29 is 0 Å². The number of anilines is 3. The van der Waals surface area contributed by atoms with Crippen molar-refractivity contribution in [3.63, 3.8) is 0 Å². The minimum atomic E-state index is 0.286. The summed E-state index contributed by atoms with van der Waals surface area (Å²) in [4.78, 5) is 14.3. The Balaban J connectivity index is 1.46. The van der Waals surface area contributed by atoms with E-state index in [9.17, 15) is 0 Å². The molecular formula is C25H29ClN8. The first kappa shape index (κ1) is 22.4. The molecule has 34 heavy (non-hydrogen) atoms. The minimum Gasteiger partial charge on any atom is -0.398 e. The maximum Gasteiger partial charge on any atom is 0.227 e. The van der Waals surface area contributed by atoms with E-state index in [1.165, 1.54) is 5.56 Å². The summed E-state index contributed by atoms with van der Waals surface area (Å²) in [6.45, 7) is 1.15. The van der Waals surface area contributed by atoms with Crippen LogP contribution in [0.25, 0.3) is 11.2 Å². The number of fused-ring (bicyclic) bond motifs is 1. The zero-order valence-electron chi connectivity index (χ0n) is 18.9. The average Bonchev–Trinajstić information content (AvgIpc) is 3.24. The number of hydrogen-bond acceptors (Lipinski definition) is 7. The Labute approximate surface area is 203 Å². The van der Waals surface area contributed by atoms with Crippen molar-refractivity contribution in [3.05, 3.63) is 71.0 Å². The topological polar surface area (TPSA) is 120 Å². The Morgan fingerprint density at radius 1 is 1.03 bits per heavy atom. The van der Waals surface area contributed by atoms with E-state index in [4.69, 9.17) is 33.0 Å². The van der Waals surface area contributed by atoms with Crippen LogP contribution in [0.5, 0.6) is 0 Å². The predicted octanol–water partition coefficient (Wildman–Crippen LogP) is 4.40. The fourth-order valence-corrected chi connectivity index (χ4v) is 4.58. The van der Waals surface area contributed by atoms with Crippen LogP contribution in [0.4, 0.5) is 17.5 Å². The fourth-order valence-electron chi connectivity index (χ4n) is 4.38. The van der Waals surface area contributed by atoms with Crippen molar-refractivity contribution in [2.45, 2.75) is 50.9 Å². The highest BCUT2D eigenvalue weighted by atomic mass is 35.5. The van der Waals surface area contributed by atoms with Crippen LogP contribution in [0.2, 0.25) is 5.02 Å². The van der Waals surface area contributed by atoms with Gasteiger partial charge in [0.25, 0.3) is 0 Å². The summed E-state index contributed by atoms with van der Waals surface area (Å²) in [6, 6.07) is 16.3. The number of halogens is 1. The number of nitrogen functional groups attached to an aromatic ring is 1. The number of nitrogens with two attached hydrogens (primary N) is 2. The van der Waals surface area contributed by atoms with Crippen LogP contribution in [0.15, 0.2) is 54.9 Å². The van der Waals surface area contributed by atoms with Crippen LogP contribution in [0.3, 0.4) is 0 Å². The number of benzene rings is 2. The van der Waals surface area contributed by atoms with Gasteiger partial charge >= 0.3 is 0 Å². The number of rotatable bonds is 7. The van der Waals surface area contributed by atoms with Gasteiger partial charge < -0.3 is 26.7 Å². The Bertz CT molecular complexity index is 1260. The maximum atomic E-state index is 6.17. The number of aromatic nitrogens is 4. The quantitative estimate of drug-likeness (QED) is 0.292. The zero-order valence-corrected chi connectivity index (χ0v) is 19.7. The van der Waals surface area contributed by atoms with E-state index >= 15 is 0 Å². The van der Waals surface area contributed by atoms with Gasteiger partial charge in [0.1, 0.15) is 0 Å². The molecule has 0 atom stereocenters. The molecule has 5 rings (SSSR count). The smallest absolute Gasteiger partial charge is 0.227 e. The standard InChI is InChI=1S/C25H29ClN8/c26-18-6-11-21(28)17(12-18)13-29-23-22-24(34(15-30-22)14-16-4-2-1-3-5-16)33-25(32-23)31-20-9-7-19(27)8-10-20/h1-6,11-12,15,19-20H,7-10,13-14,27-28H2,(H2,29,31,32,33). The van der Waals surface area contributed by atoms with E-state index in [0.717, 1.165) is 36.9 Å². The molecule has 2 heterocycles. The van der Waals surface area contributed by atoms with Gasteiger partial charge in [0.05, 0.1) is 12.9 Å². The first-order valence-corrected chi connectivity index (χ1v) is 12.0. The van der Waals surface area contributed by atoms with E-state index in [1.807, 2.05) is 41.2 Å². The molecule has 1 saturated carbocycles. The molecule has 6 N–H and O–H groups in total. The number of nitrogens with one attached hydrogen (secondary N) is 2. The third-order valence-corrected chi connectivity index (χ3v) is 6.55. The lowest BCUT2D eigenvalue weighted by atomic mass is 9.92. The van der Waals surface area contributed by atoms with Gasteiger partial charge in [0.2, 0.25) is 5.95 Å². The van der Waals surface area contributed by atoms with Gasteiger partial charge in [-0.1, -0.05) is 41.9 Å². The molecule has 0 spiro atoms. The van der Waals surface area contributed by atoms with Crippen LogP contribution in [-0.2, 0) is 13.1 Å². The first-order chi connectivity index (χ1) is 16.5. The van der Waals surface area contributed by atoms with E-state index in [0.29, 0.717) is 47.1 Å². The maximum absolute atomic E-state index is 6.17. The second-order valence-corrected chi connectivity index (χ2v) is 9.32. The number of hydrogen-bond donors (Lipinski definition) is 4. The van der Waals surface area contributed by atoms with Crippen LogP contribution in [0.1, 0.15) is 36.8 Å². The lowest BCUT2D eigenvalue weighted by Crippen LogP contribution is -2.33. The summed E-state index contributed by atoms with van der Waals surface area (Å²) in [7, 11) is 0. The van der Waals surface area contributed by atoms with Crippen molar-refractivity contribution in [2.24, 2.45) is 5.73 Å². The average molecular weight is 477 g/mol. The van der Waals surface area contributed by atoms with Crippen LogP contribution in [-0.4, -0.2) is 31.6 Å². The largest absolute Gasteiger partial charge is 0.398 e. The summed E-state index contributed by atoms with van der Waals surface area (Å²) < 4.78 is 2.05. The van der Waals surface area contributed by atoms with Gasteiger partial charge in [0.15, 0.2) is 17.0 Å². The lowest BCUT2D eigenvalue weighted by Gasteiger charge is -2.26.